The van der Waals surface area contributed by atoms with Crippen LogP contribution < -0.4 is 0 Å². The number of benzene rings is 2. The molecule has 0 aliphatic carbocycles. The van der Waals surface area contributed by atoms with Crippen LogP contribution in [0.25, 0.3) is 21.1 Å². The van der Waals surface area contributed by atoms with E-state index in [4.69, 9.17) is 0 Å². The molecule has 4 aromatic rings. The minimum absolute atomic E-state index is 0.0414. The predicted molar refractivity (Wildman–Crippen MR) is 104 cm³/mol. The maximum Gasteiger partial charge on any atom is 0.231 e. The summed E-state index contributed by atoms with van der Waals surface area (Å²) in [5.41, 5.74) is 1.53. The Morgan fingerprint density at radius 1 is 1.12 bits per heavy atom. The minimum atomic E-state index is -0.365. The van der Waals surface area contributed by atoms with Gasteiger partial charge in [-0.1, -0.05) is 35.6 Å². The summed E-state index contributed by atoms with van der Waals surface area (Å²) < 4.78 is 17.1. The van der Waals surface area contributed by atoms with Gasteiger partial charge in [0.1, 0.15) is 5.82 Å². The number of para-hydroxylation sites is 2. The Hall–Kier alpha value is -2.45. The van der Waals surface area contributed by atoms with Crippen LogP contribution in [-0.2, 0) is 0 Å². The second kappa shape index (κ2) is 6.07. The average molecular weight is 384 g/mol. The molecule has 1 saturated heterocycles. The summed E-state index contributed by atoms with van der Waals surface area (Å²) in [6.07, 6.45) is 0. The molecule has 0 saturated carbocycles. The summed E-state index contributed by atoms with van der Waals surface area (Å²) in [4.78, 5) is 4.42. The van der Waals surface area contributed by atoms with Gasteiger partial charge in [0.15, 0.2) is 5.69 Å². The van der Waals surface area contributed by atoms with Crippen molar-refractivity contribution in [2.75, 3.05) is 11.5 Å². The van der Waals surface area contributed by atoms with Gasteiger partial charge in [-0.3, -0.25) is 0 Å². The summed E-state index contributed by atoms with van der Waals surface area (Å²) in [7, 11) is 0. The quantitative estimate of drug-likeness (QED) is 0.454. The van der Waals surface area contributed by atoms with Crippen molar-refractivity contribution in [2.45, 2.75) is 6.04 Å². The highest BCUT2D eigenvalue weighted by atomic mass is 32.2. The van der Waals surface area contributed by atoms with Gasteiger partial charge in [-0.15, -0.1) is 10.2 Å². The van der Waals surface area contributed by atoms with Crippen LogP contribution in [-0.4, -0.2) is 26.2 Å². The molecule has 2 aromatic carbocycles. The van der Waals surface area contributed by atoms with E-state index in [2.05, 4.69) is 15.2 Å². The van der Waals surface area contributed by atoms with Crippen molar-refractivity contribution in [3.8, 4) is 5.88 Å². The Morgan fingerprint density at radius 2 is 1.96 bits per heavy atom. The van der Waals surface area contributed by atoms with E-state index < -0.39 is 0 Å². The lowest BCUT2D eigenvalue weighted by molar-refractivity contribution is 0.404. The van der Waals surface area contributed by atoms with E-state index in [0.717, 1.165) is 21.7 Å². The number of hydrogen-bond donors (Lipinski definition) is 1. The first-order valence-corrected chi connectivity index (χ1v) is 10.1. The molecule has 5 nitrogen and oxygen atoms in total. The van der Waals surface area contributed by atoms with Crippen molar-refractivity contribution in [3.05, 3.63) is 48.3 Å². The van der Waals surface area contributed by atoms with Crippen LogP contribution in [0.3, 0.4) is 0 Å². The van der Waals surface area contributed by atoms with E-state index in [9.17, 15) is 9.50 Å². The van der Waals surface area contributed by atoms with Crippen LogP contribution in [0.15, 0.2) is 52.7 Å². The largest absolute Gasteiger partial charge is 0.493 e. The first-order valence-electron chi connectivity index (χ1n) is 8.09. The second-order valence-electron chi connectivity index (χ2n) is 6.03. The number of halogens is 1. The van der Waals surface area contributed by atoms with Gasteiger partial charge in [-0.25, -0.2) is 9.37 Å². The van der Waals surface area contributed by atoms with Crippen molar-refractivity contribution < 1.29 is 9.50 Å². The first-order chi connectivity index (χ1) is 12.7. The van der Waals surface area contributed by atoms with Crippen molar-refractivity contribution >= 4 is 55.0 Å². The van der Waals surface area contributed by atoms with Crippen LogP contribution >= 0.6 is 23.1 Å². The van der Waals surface area contributed by atoms with Crippen LogP contribution in [0, 0.1) is 5.82 Å². The van der Waals surface area contributed by atoms with Gasteiger partial charge in [-0.2, -0.15) is 11.8 Å². The molecule has 1 N–H and O–H groups in total. The van der Waals surface area contributed by atoms with Gasteiger partial charge >= 0.3 is 0 Å². The number of hydrogen-bond acceptors (Lipinski definition) is 6. The second-order valence-corrected chi connectivity index (χ2v) is 8.12. The Balaban J connectivity index is 1.64. The number of nitrogens with zero attached hydrogens (tertiary/aromatic N) is 4. The van der Waals surface area contributed by atoms with Crippen LogP contribution in [0.5, 0.6) is 5.88 Å². The zero-order valence-corrected chi connectivity index (χ0v) is 15.1. The van der Waals surface area contributed by atoms with Crippen LogP contribution in [0.2, 0.25) is 0 Å². The standard InChI is InChI=1S/C18H13FN4OS2/c19-12-5-3-4-11-15(17(24)23(16(11)12)10-8-25-9-10)21-22-18-20-13-6-1-2-7-14(13)26-18/h1-7,10,24H,8-9H2. The Kier molecular flexibility index (Phi) is 3.68. The zero-order valence-electron chi connectivity index (χ0n) is 13.5. The lowest BCUT2D eigenvalue weighted by Gasteiger charge is -2.27. The molecule has 0 bridgehead atoms. The van der Waals surface area contributed by atoms with Crippen LogP contribution in [0.4, 0.5) is 15.2 Å². The summed E-state index contributed by atoms with van der Waals surface area (Å²) >= 11 is 3.19. The first kappa shape index (κ1) is 15.8. The maximum atomic E-state index is 14.4. The van der Waals surface area contributed by atoms with Gasteiger partial charge in [0.05, 0.1) is 21.8 Å². The molecule has 3 heterocycles. The van der Waals surface area contributed by atoms with E-state index in [1.807, 2.05) is 24.3 Å². The number of thioether (sulfide) groups is 1. The molecular formula is C18H13FN4OS2. The van der Waals surface area contributed by atoms with Crippen molar-refractivity contribution in [1.82, 2.24) is 9.55 Å². The van der Waals surface area contributed by atoms with E-state index in [0.29, 0.717) is 16.0 Å². The molecule has 26 heavy (non-hydrogen) atoms. The molecule has 1 fully saturated rings. The minimum Gasteiger partial charge on any atom is -0.493 e. The molecule has 130 valence electrons. The summed E-state index contributed by atoms with van der Waals surface area (Å²) in [6, 6.07) is 12.6. The summed E-state index contributed by atoms with van der Waals surface area (Å²) in [6.45, 7) is 0. The molecule has 1 aliphatic heterocycles. The number of rotatable bonds is 3. The summed E-state index contributed by atoms with van der Waals surface area (Å²) in [5.74, 6) is 1.29. The van der Waals surface area contributed by atoms with Gasteiger partial charge in [-0.05, 0) is 18.2 Å². The number of aromatic nitrogens is 2. The molecule has 2 aromatic heterocycles. The summed E-state index contributed by atoms with van der Waals surface area (Å²) in [5, 5.41) is 20.2. The average Bonchev–Trinajstić information content (AvgIpc) is 3.12. The monoisotopic (exact) mass is 384 g/mol. The molecule has 0 atom stereocenters. The number of aromatic hydroxyl groups is 1. The molecule has 1 aliphatic rings. The lowest BCUT2D eigenvalue weighted by Crippen LogP contribution is -2.22. The fourth-order valence-corrected chi connectivity index (χ4v) is 4.65. The third-order valence-corrected chi connectivity index (χ3v) is 6.59. The fourth-order valence-electron chi connectivity index (χ4n) is 3.11. The van der Waals surface area contributed by atoms with Gasteiger partial charge in [0.2, 0.25) is 11.0 Å². The Morgan fingerprint density at radius 3 is 2.73 bits per heavy atom. The smallest absolute Gasteiger partial charge is 0.231 e. The highest BCUT2D eigenvalue weighted by Gasteiger charge is 2.29. The SMILES string of the molecule is Oc1c(N=Nc2nc3ccccc3s2)c2cccc(F)c2n1C1CSC1. The normalized spacial score (nSPS) is 15.3. The number of fused-ring (bicyclic) bond motifs is 2. The lowest BCUT2D eigenvalue weighted by atomic mass is 10.2. The Labute approximate surface area is 156 Å². The van der Waals surface area contributed by atoms with E-state index in [1.54, 1.807) is 28.5 Å². The molecule has 5 rings (SSSR count). The van der Waals surface area contributed by atoms with E-state index in [1.165, 1.54) is 17.4 Å². The topological polar surface area (TPSA) is 62.8 Å². The molecule has 0 unspecified atom stereocenters. The highest BCUT2D eigenvalue weighted by molar-refractivity contribution is 8.00. The van der Waals surface area contributed by atoms with Gasteiger partial charge < -0.3 is 9.67 Å². The van der Waals surface area contributed by atoms with Gasteiger partial charge in [0.25, 0.3) is 0 Å². The van der Waals surface area contributed by atoms with Gasteiger partial charge in [0, 0.05) is 16.9 Å². The molecular weight excluding hydrogens is 371 g/mol. The molecule has 0 spiro atoms. The Bertz CT molecular complexity index is 1130. The van der Waals surface area contributed by atoms with Crippen molar-refractivity contribution in [1.29, 1.82) is 0 Å². The zero-order chi connectivity index (χ0) is 17.7. The third-order valence-electron chi connectivity index (χ3n) is 4.43. The third kappa shape index (κ3) is 2.40. The number of thiazole rings is 1. The van der Waals surface area contributed by atoms with E-state index in [-0.39, 0.29) is 23.4 Å². The highest BCUT2D eigenvalue weighted by Crippen LogP contribution is 2.45. The van der Waals surface area contributed by atoms with Crippen LogP contribution in [0.1, 0.15) is 6.04 Å². The number of azo groups is 1. The molecule has 0 radical (unpaired) electrons. The predicted octanol–water partition coefficient (Wildman–Crippen LogP) is 5.80. The van der Waals surface area contributed by atoms with Crippen molar-refractivity contribution in [2.24, 2.45) is 10.2 Å². The maximum absolute atomic E-state index is 14.4. The fraction of sp³-hybridized carbons (Fsp3) is 0.167. The van der Waals surface area contributed by atoms with Crippen molar-refractivity contribution in [3.63, 3.8) is 0 Å². The molecule has 0 amide bonds. The van der Waals surface area contributed by atoms with E-state index >= 15 is 0 Å². The molecule has 8 heteroatoms.